The van der Waals surface area contributed by atoms with Gasteiger partial charge in [0.2, 0.25) is 11.8 Å². The highest BCUT2D eigenvalue weighted by molar-refractivity contribution is 6.23. The molecule has 1 aromatic carbocycles. The van der Waals surface area contributed by atoms with Crippen molar-refractivity contribution in [3.63, 3.8) is 0 Å². The number of hydrogen-bond donors (Lipinski definition) is 0. The second kappa shape index (κ2) is 4.51. The van der Waals surface area contributed by atoms with Crippen LogP contribution < -0.4 is 9.64 Å². The topological polar surface area (TPSA) is 72.9 Å². The van der Waals surface area contributed by atoms with Gasteiger partial charge < -0.3 is 9.47 Å². The van der Waals surface area contributed by atoms with Crippen LogP contribution in [0.4, 0.5) is 5.69 Å². The molecule has 2 fully saturated rings. The molecule has 0 unspecified atom stereocenters. The van der Waals surface area contributed by atoms with Crippen molar-refractivity contribution in [1.29, 1.82) is 0 Å². The lowest BCUT2D eigenvalue weighted by Gasteiger charge is -2.18. The number of ether oxygens (including phenoxy) is 2. The van der Waals surface area contributed by atoms with Gasteiger partial charge >= 0.3 is 5.97 Å². The zero-order valence-electron chi connectivity index (χ0n) is 11.8. The molecule has 3 aliphatic rings. The van der Waals surface area contributed by atoms with Gasteiger partial charge in [-0.1, -0.05) is 18.2 Å². The minimum atomic E-state index is -0.455. The van der Waals surface area contributed by atoms with E-state index in [9.17, 15) is 14.4 Å². The molecule has 4 atom stereocenters. The number of benzene rings is 1. The van der Waals surface area contributed by atoms with Gasteiger partial charge in [-0.15, -0.1) is 0 Å². The third-order valence-electron chi connectivity index (χ3n) is 4.25. The van der Waals surface area contributed by atoms with Crippen LogP contribution in [0.15, 0.2) is 36.4 Å². The Bertz CT molecular complexity index is 695. The normalized spacial score (nSPS) is 31.8. The minimum absolute atomic E-state index is 0.258. The molecule has 22 heavy (non-hydrogen) atoms. The summed E-state index contributed by atoms with van der Waals surface area (Å²) in [7, 11) is 0. The van der Waals surface area contributed by atoms with Gasteiger partial charge in [-0.25, -0.2) is 4.90 Å². The third kappa shape index (κ3) is 1.74. The Labute approximate surface area is 126 Å². The Hall–Kier alpha value is -2.47. The van der Waals surface area contributed by atoms with E-state index in [1.807, 2.05) is 12.2 Å². The number of hydrogen-bond acceptors (Lipinski definition) is 5. The SMILES string of the molecule is CC(=O)Oc1cccc(N2C(=O)[C@@H]3[C@@H](C2=O)[C@H]2C=C[C@@H]3O2)c1. The van der Waals surface area contributed by atoms with Crippen LogP contribution >= 0.6 is 0 Å². The van der Waals surface area contributed by atoms with E-state index in [0.717, 1.165) is 0 Å². The third-order valence-corrected chi connectivity index (χ3v) is 4.25. The van der Waals surface area contributed by atoms with E-state index in [2.05, 4.69) is 0 Å². The number of esters is 1. The summed E-state index contributed by atoms with van der Waals surface area (Å²) in [6.07, 6.45) is 3.06. The molecule has 2 amide bonds. The summed E-state index contributed by atoms with van der Waals surface area (Å²) in [6, 6.07) is 6.42. The number of fused-ring (bicyclic) bond motifs is 5. The van der Waals surface area contributed by atoms with E-state index >= 15 is 0 Å². The van der Waals surface area contributed by atoms with Crippen LogP contribution in [-0.4, -0.2) is 30.0 Å². The Kier molecular flexibility index (Phi) is 2.71. The first-order valence-electron chi connectivity index (χ1n) is 7.06. The van der Waals surface area contributed by atoms with Crippen molar-refractivity contribution in [3.05, 3.63) is 36.4 Å². The molecule has 4 rings (SSSR count). The summed E-state index contributed by atoms with van der Waals surface area (Å²) in [5.41, 5.74) is 0.419. The van der Waals surface area contributed by atoms with Gasteiger partial charge in [0, 0.05) is 13.0 Å². The lowest BCUT2D eigenvalue weighted by Crippen LogP contribution is -2.34. The minimum Gasteiger partial charge on any atom is -0.427 e. The van der Waals surface area contributed by atoms with Crippen molar-refractivity contribution < 1.29 is 23.9 Å². The number of carbonyl (C=O) groups excluding carboxylic acids is 3. The van der Waals surface area contributed by atoms with Crippen LogP contribution in [0.3, 0.4) is 0 Å². The molecular weight excluding hydrogens is 286 g/mol. The Morgan fingerprint density at radius 1 is 1.14 bits per heavy atom. The summed E-state index contributed by atoms with van der Waals surface area (Å²) in [4.78, 5) is 37.4. The predicted molar refractivity (Wildman–Crippen MR) is 75.0 cm³/mol. The molecule has 112 valence electrons. The molecule has 6 nitrogen and oxygen atoms in total. The number of carbonyl (C=O) groups is 3. The van der Waals surface area contributed by atoms with Crippen molar-refractivity contribution in [2.45, 2.75) is 19.1 Å². The smallest absolute Gasteiger partial charge is 0.308 e. The van der Waals surface area contributed by atoms with E-state index in [1.54, 1.807) is 18.2 Å². The first-order valence-corrected chi connectivity index (χ1v) is 7.06. The van der Waals surface area contributed by atoms with Crippen LogP contribution in [-0.2, 0) is 19.1 Å². The van der Waals surface area contributed by atoms with Gasteiger partial charge in [-0.2, -0.15) is 0 Å². The van der Waals surface area contributed by atoms with Gasteiger partial charge in [-0.3, -0.25) is 14.4 Å². The lowest BCUT2D eigenvalue weighted by atomic mass is 9.85. The van der Waals surface area contributed by atoms with Crippen LogP contribution in [0, 0.1) is 11.8 Å². The van der Waals surface area contributed by atoms with Gasteiger partial charge in [-0.05, 0) is 12.1 Å². The highest BCUT2D eigenvalue weighted by Gasteiger charge is 2.61. The molecule has 0 saturated carbocycles. The fraction of sp³-hybridized carbons (Fsp3) is 0.312. The van der Waals surface area contributed by atoms with E-state index in [1.165, 1.54) is 17.9 Å². The monoisotopic (exact) mass is 299 g/mol. The Morgan fingerprint density at radius 3 is 2.36 bits per heavy atom. The fourth-order valence-electron chi connectivity index (χ4n) is 3.41. The summed E-state index contributed by atoms with van der Waals surface area (Å²) in [5, 5.41) is 0. The highest BCUT2D eigenvalue weighted by atomic mass is 16.5. The first kappa shape index (κ1) is 13.2. The standard InChI is InChI=1S/C16H13NO5/c1-8(18)21-10-4-2-3-9(7-10)17-15(19)13-11-5-6-12(22-11)14(13)16(17)20/h2-7,11-14H,1H3/t11-,12+,13-,14-/m0/s1. The van der Waals surface area contributed by atoms with E-state index in [0.29, 0.717) is 11.4 Å². The van der Waals surface area contributed by atoms with Crippen molar-refractivity contribution in [1.82, 2.24) is 0 Å². The van der Waals surface area contributed by atoms with Crippen molar-refractivity contribution in [3.8, 4) is 5.75 Å². The van der Waals surface area contributed by atoms with E-state index < -0.39 is 17.8 Å². The van der Waals surface area contributed by atoms with Crippen molar-refractivity contribution in [2.75, 3.05) is 4.90 Å². The number of imide groups is 1. The average Bonchev–Trinajstić information content (AvgIpc) is 3.12. The average molecular weight is 299 g/mol. The quantitative estimate of drug-likeness (QED) is 0.353. The lowest BCUT2D eigenvalue weighted by molar-refractivity contribution is -0.132. The number of rotatable bonds is 2. The zero-order chi connectivity index (χ0) is 15.4. The van der Waals surface area contributed by atoms with Crippen LogP contribution in [0.25, 0.3) is 0 Å². The maximum absolute atomic E-state index is 12.6. The van der Waals surface area contributed by atoms with E-state index in [4.69, 9.17) is 9.47 Å². The van der Waals surface area contributed by atoms with Crippen LogP contribution in [0.2, 0.25) is 0 Å². The number of amides is 2. The first-order chi connectivity index (χ1) is 10.6. The molecule has 1 aromatic rings. The van der Waals surface area contributed by atoms with Crippen molar-refractivity contribution in [2.24, 2.45) is 11.8 Å². The molecule has 2 saturated heterocycles. The molecule has 0 aliphatic carbocycles. The molecule has 0 N–H and O–H groups in total. The second-order valence-corrected chi connectivity index (χ2v) is 5.60. The summed E-state index contributed by atoms with van der Waals surface area (Å²) in [5.74, 6) is -1.55. The molecule has 0 aromatic heterocycles. The molecule has 2 bridgehead atoms. The second-order valence-electron chi connectivity index (χ2n) is 5.60. The van der Waals surface area contributed by atoms with Gasteiger partial charge in [0.1, 0.15) is 5.75 Å². The summed E-state index contributed by atoms with van der Waals surface area (Å²) in [6.45, 7) is 1.30. The molecule has 0 spiro atoms. The predicted octanol–water partition coefficient (Wildman–Crippen LogP) is 1.05. The van der Waals surface area contributed by atoms with E-state index in [-0.39, 0.29) is 24.0 Å². The van der Waals surface area contributed by atoms with Crippen LogP contribution in [0.5, 0.6) is 5.75 Å². The number of anilines is 1. The van der Waals surface area contributed by atoms with Crippen LogP contribution in [0.1, 0.15) is 6.92 Å². The summed E-state index contributed by atoms with van der Waals surface area (Å²) >= 11 is 0. The molecule has 0 radical (unpaired) electrons. The largest absolute Gasteiger partial charge is 0.427 e. The number of nitrogens with zero attached hydrogens (tertiary/aromatic N) is 1. The highest BCUT2D eigenvalue weighted by Crippen LogP contribution is 2.46. The molecule has 6 heteroatoms. The fourth-order valence-corrected chi connectivity index (χ4v) is 3.41. The van der Waals surface area contributed by atoms with Crippen molar-refractivity contribution >= 4 is 23.5 Å². The zero-order valence-corrected chi connectivity index (χ0v) is 11.8. The van der Waals surface area contributed by atoms with Gasteiger partial charge in [0.15, 0.2) is 0 Å². The maximum Gasteiger partial charge on any atom is 0.308 e. The Morgan fingerprint density at radius 2 is 1.77 bits per heavy atom. The molecular formula is C16H13NO5. The van der Waals surface area contributed by atoms with Gasteiger partial charge in [0.25, 0.3) is 0 Å². The summed E-state index contributed by atoms with van der Waals surface area (Å²) < 4.78 is 10.6. The Balaban J connectivity index is 1.68. The maximum atomic E-state index is 12.6. The molecule has 3 heterocycles. The molecule has 3 aliphatic heterocycles. The van der Waals surface area contributed by atoms with Gasteiger partial charge in [0.05, 0.1) is 29.7 Å².